The van der Waals surface area contributed by atoms with E-state index in [-0.39, 0.29) is 25.4 Å². The highest BCUT2D eigenvalue weighted by Crippen LogP contribution is 2.62. The average molecular weight is 510 g/mol. The van der Waals surface area contributed by atoms with Crippen molar-refractivity contribution in [3.8, 4) is 11.9 Å². The van der Waals surface area contributed by atoms with Crippen LogP contribution in [0.4, 0.5) is 5.69 Å². The van der Waals surface area contributed by atoms with E-state index in [9.17, 15) is 20.0 Å². The van der Waals surface area contributed by atoms with Crippen molar-refractivity contribution >= 4 is 39.2 Å². The number of aliphatic hydroxyl groups is 1. The lowest BCUT2D eigenvalue weighted by molar-refractivity contribution is -0.134. The molecular weight excluding hydrogens is 486 g/mol. The molecule has 4 aromatic rings. The zero-order valence-corrected chi connectivity index (χ0v) is 20.5. The molecule has 4 heterocycles. The first-order valence-corrected chi connectivity index (χ1v) is 12.5. The maximum Gasteiger partial charge on any atom is 0.262 e. The van der Waals surface area contributed by atoms with Crippen molar-refractivity contribution in [2.75, 3.05) is 11.5 Å². The van der Waals surface area contributed by atoms with Crippen molar-refractivity contribution in [2.24, 2.45) is 11.8 Å². The third-order valence-electron chi connectivity index (χ3n) is 8.49. The van der Waals surface area contributed by atoms with Gasteiger partial charge in [0.05, 0.1) is 52.9 Å². The molecule has 3 aliphatic rings. The lowest BCUT2D eigenvalue weighted by Gasteiger charge is -2.33. The Bertz CT molecular complexity index is 1690. The summed E-state index contributed by atoms with van der Waals surface area (Å²) in [4.78, 5) is 29.1. The zero-order valence-electron chi connectivity index (χ0n) is 20.5. The number of rotatable bonds is 5. The van der Waals surface area contributed by atoms with Gasteiger partial charge in [0.1, 0.15) is 5.60 Å². The number of nitrogens with zero attached hydrogens (tertiary/aromatic N) is 3. The maximum atomic E-state index is 14.0. The van der Waals surface area contributed by atoms with Crippen LogP contribution in [0.5, 0.6) is 5.88 Å². The van der Waals surface area contributed by atoms with Crippen molar-refractivity contribution in [3.05, 3.63) is 66.2 Å². The van der Waals surface area contributed by atoms with Crippen LogP contribution >= 0.6 is 0 Å². The highest BCUT2D eigenvalue weighted by atomic mass is 16.6. The number of hydrogen-bond donors (Lipinski definition) is 1. The molecule has 3 saturated heterocycles. The number of ether oxygens (including phenoxy) is 2. The van der Waals surface area contributed by atoms with Gasteiger partial charge in [-0.25, -0.2) is 4.90 Å². The van der Waals surface area contributed by atoms with Gasteiger partial charge in [0.2, 0.25) is 11.8 Å². The fourth-order valence-corrected chi connectivity index (χ4v) is 6.72. The van der Waals surface area contributed by atoms with E-state index in [1.54, 1.807) is 37.3 Å². The van der Waals surface area contributed by atoms with Gasteiger partial charge in [-0.05, 0) is 36.3 Å². The molecule has 7 rings (SSSR count). The number of benzene rings is 3. The molecule has 0 aliphatic carbocycles. The topological polar surface area (TPSA) is 126 Å². The van der Waals surface area contributed by atoms with E-state index >= 15 is 0 Å². The van der Waals surface area contributed by atoms with E-state index in [1.165, 1.54) is 4.90 Å². The molecule has 2 bridgehead atoms. The van der Waals surface area contributed by atoms with Gasteiger partial charge in [0, 0.05) is 23.6 Å². The number of para-hydroxylation sites is 1. The summed E-state index contributed by atoms with van der Waals surface area (Å²) in [7, 11) is 0. The van der Waals surface area contributed by atoms with Crippen molar-refractivity contribution < 1.29 is 28.7 Å². The molecule has 2 amide bonds. The fraction of sp³-hybridized carbons (Fsp3) is 0.310. The molecule has 0 spiro atoms. The molecule has 3 aliphatic heterocycles. The minimum atomic E-state index is -1.20. The van der Waals surface area contributed by atoms with Gasteiger partial charge in [0.15, 0.2) is 5.58 Å². The van der Waals surface area contributed by atoms with Crippen LogP contribution < -0.4 is 9.64 Å². The molecular formula is C29H23N3O6. The fourth-order valence-electron chi connectivity index (χ4n) is 6.72. The Hall–Kier alpha value is -4.26. The smallest absolute Gasteiger partial charge is 0.262 e. The zero-order chi connectivity index (χ0) is 26.2. The van der Waals surface area contributed by atoms with Crippen LogP contribution in [-0.2, 0) is 14.3 Å². The number of amides is 2. The summed E-state index contributed by atoms with van der Waals surface area (Å²) in [6.45, 7) is 1.87. The first-order chi connectivity index (χ1) is 18.4. The normalized spacial score (nSPS) is 29.8. The van der Waals surface area contributed by atoms with Crippen LogP contribution in [0.1, 0.15) is 25.3 Å². The Kier molecular flexibility index (Phi) is 4.74. The Morgan fingerprint density at radius 2 is 1.76 bits per heavy atom. The van der Waals surface area contributed by atoms with Crippen molar-refractivity contribution in [1.29, 1.82) is 5.26 Å². The Morgan fingerprint density at radius 3 is 2.55 bits per heavy atom. The molecule has 1 aromatic heterocycles. The number of imide groups is 1. The molecule has 0 radical (unpaired) electrons. The predicted octanol–water partition coefficient (Wildman–Crippen LogP) is 3.72. The molecule has 3 fully saturated rings. The molecule has 9 nitrogen and oxygen atoms in total. The molecule has 0 saturated carbocycles. The van der Waals surface area contributed by atoms with E-state index in [1.807, 2.05) is 30.3 Å². The number of anilines is 1. The molecule has 38 heavy (non-hydrogen) atoms. The number of hydrogen-bond acceptors (Lipinski definition) is 8. The highest BCUT2D eigenvalue weighted by molar-refractivity contribution is 6.26. The summed E-state index contributed by atoms with van der Waals surface area (Å²) in [6, 6.07) is 20.0. The molecule has 190 valence electrons. The number of nitriles is 1. The summed E-state index contributed by atoms with van der Waals surface area (Å²) < 4.78 is 17.6. The van der Waals surface area contributed by atoms with Crippen LogP contribution in [0, 0.1) is 23.2 Å². The van der Waals surface area contributed by atoms with Crippen LogP contribution in [-0.4, -0.2) is 46.0 Å². The first kappa shape index (κ1) is 22.9. The summed E-state index contributed by atoms with van der Waals surface area (Å²) >= 11 is 0. The molecule has 5 atom stereocenters. The van der Waals surface area contributed by atoms with Crippen LogP contribution in [0.15, 0.2) is 65.2 Å². The van der Waals surface area contributed by atoms with Gasteiger partial charge in [-0.2, -0.15) is 5.26 Å². The van der Waals surface area contributed by atoms with Crippen LogP contribution in [0.2, 0.25) is 0 Å². The predicted molar refractivity (Wildman–Crippen MR) is 135 cm³/mol. The minimum absolute atomic E-state index is 0.157. The second-order valence-corrected chi connectivity index (χ2v) is 10.4. The SMILES string of the molecule is C[C@]12O[C@](CCOc3noc4ccccc34)(C[C@@H]1O)[C@H]1C(=O)N(c3ccc(C#N)c4ccccc34)C(=O)[C@@H]12. The summed E-state index contributed by atoms with van der Waals surface area (Å²) in [5, 5.41) is 26.6. The largest absolute Gasteiger partial charge is 0.475 e. The van der Waals surface area contributed by atoms with Crippen molar-refractivity contribution in [3.63, 3.8) is 0 Å². The van der Waals surface area contributed by atoms with Crippen LogP contribution in [0.25, 0.3) is 21.7 Å². The Labute approximate surface area is 217 Å². The van der Waals surface area contributed by atoms with E-state index in [0.717, 1.165) is 5.39 Å². The van der Waals surface area contributed by atoms with Gasteiger partial charge >= 0.3 is 0 Å². The standard InChI is InChI=1S/C29H23N3O6/c1-28-22(33)14-29(38-28,12-13-36-25-19-8-4-5-9-21(19)37-31-25)24-23(28)26(34)32(27(24)35)20-11-10-16(15-30)17-6-2-3-7-18(17)20/h2-11,22-24,33H,12-14H2,1H3/t22-,23+,24+,28-,29+/m0/s1. The molecule has 0 unspecified atom stereocenters. The van der Waals surface area contributed by atoms with E-state index in [4.69, 9.17) is 14.0 Å². The second kappa shape index (κ2) is 7.87. The highest BCUT2D eigenvalue weighted by Gasteiger charge is 2.77. The third kappa shape index (κ3) is 2.90. The van der Waals surface area contributed by atoms with Gasteiger partial charge in [0.25, 0.3) is 5.88 Å². The summed E-state index contributed by atoms with van der Waals surface area (Å²) in [5.41, 5.74) is -0.772. The molecule has 3 aromatic carbocycles. The quantitative estimate of drug-likeness (QED) is 0.404. The molecule has 1 N–H and O–H groups in total. The summed E-state index contributed by atoms with van der Waals surface area (Å²) in [6.07, 6.45) is -0.414. The van der Waals surface area contributed by atoms with Gasteiger partial charge in [-0.1, -0.05) is 36.4 Å². The maximum absolute atomic E-state index is 14.0. The summed E-state index contributed by atoms with van der Waals surface area (Å²) in [5.74, 6) is -2.03. The lowest BCUT2D eigenvalue weighted by atomic mass is 9.66. The lowest BCUT2D eigenvalue weighted by Crippen LogP contribution is -2.49. The first-order valence-electron chi connectivity index (χ1n) is 12.5. The third-order valence-corrected chi connectivity index (χ3v) is 8.49. The van der Waals surface area contributed by atoms with E-state index < -0.39 is 35.0 Å². The minimum Gasteiger partial charge on any atom is -0.475 e. The monoisotopic (exact) mass is 509 g/mol. The van der Waals surface area contributed by atoms with Crippen LogP contribution in [0.3, 0.4) is 0 Å². The number of fused-ring (bicyclic) bond motifs is 7. The number of aliphatic hydroxyl groups excluding tert-OH is 1. The van der Waals surface area contributed by atoms with Crippen molar-refractivity contribution in [1.82, 2.24) is 5.16 Å². The number of carbonyl (C=O) groups is 2. The van der Waals surface area contributed by atoms with E-state index in [0.29, 0.717) is 33.5 Å². The number of carbonyl (C=O) groups excluding carboxylic acids is 2. The Balaban J connectivity index is 1.23. The van der Waals surface area contributed by atoms with E-state index in [2.05, 4.69) is 11.2 Å². The van der Waals surface area contributed by atoms with Gasteiger partial charge in [-0.3, -0.25) is 9.59 Å². The molecule has 9 heteroatoms. The number of aromatic nitrogens is 1. The van der Waals surface area contributed by atoms with Gasteiger partial charge < -0.3 is 19.1 Å². The average Bonchev–Trinajstić information content (AvgIpc) is 3.61. The second-order valence-electron chi connectivity index (χ2n) is 10.4. The van der Waals surface area contributed by atoms with Crippen molar-refractivity contribution in [2.45, 2.75) is 37.1 Å². The Morgan fingerprint density at radius 1 is 1.05 bits per heavy atom. The van der Waals surface area contributed by atoms with Gasteiger partial charge in [-0.15, -0.1) is 0 Å².